The zero-order valence-electron chi connectivity index (χ0n) is 12.3. The number of nitrogens with one attached hydrogen (secondary N) is 1. The number of carbonyl (C=O) groups is 1. The maximum Gasteiger partial charge on any atom is 0.231 e. The van der Waals surface area contributed by atoms with Gasteiger partial charge in [0.2, 0.25) is 5.91 Å². The van der Waals surface area contributed by atoms with Crippen molar-refractivity contribution in [3.8, 4) is 0 Å². The molecule has 0 heterocycles. The summed E-state index contributed by atoms with van der Waals surface area (Å²) < 4.78 is 0. The maximum atomic E-state index is 12.8. The van der Waals surface area contributed by atoms with Gasteiger partial charge >= 0.3 is 0 Å². The number of hydrogen-bond donors (Lipinski definition) is 2. The summed E-state index contributed by atoms with van der Waals surface area (Å²) in [4.78, 5) is 12.8. The number of amides is 1. The average molecular weight is 293 g/mol. The van der Waals surface area contributed by atoms with Crippen molar-refractivity contribution in [1.82, 2.24) is 5.32 Å². The van der Waals surface area contributed by atoms with E-state index >= 15 is 0 Å². The number of benzene rings is 2. The molecular formula is C19H19NO2. The van der Waals surface area contributed by atoms with Crippen LogP contribution in [0.4, 0.5) is 0 Å². The first kappa shape index (κ1) is 13.5. The average Bonchev–Trinajstić information content (AvgIpc) is 3.30. The van der Waals surface area contributed by atoms with Crippen LogP contribution in [-0.2, 0) is 16.6 Å². The molecule has 2 N–H and O–H groups in total. The summed E-state index contributed by atoms with van der Waals surface area (Å²) in [7, 11) is 0. The first-order valence-corrected chi connectivity index (χ1v) is 7.83. The van der Waals surface area contributed by atoms with Gasteiger partial charge in [-0.15, -0.1) is 0 Å². The molecule has 3 heteroatoms. The Morgan fingerprint density at radius 3 is 2.45 bits per heavy atom. The Morgan fingerprint density at radius 2 is 1.73 bits per heavy atom. The zero-order chi connectivity index (χ0) is 15.2. The molecule has 0 aromatic heterocycles. The highest BCUT2D eigenvalue weighted by molar-refractivity contribution is 5.91. The zero-order valence-corrected chi connectivity index (χ0v) is 12.3. The van der Waals surface area contributed by atoms with Crippen LogP contribution in [0, 0.1) is 0 Å². The number of rotatable bonds is 3. The first-order chi connectivity index (χ1) is 10.7. The molecule has 2 atom stereocenters. The topological polar surface area (TPSA) is 49.3 Å². The lowest BCUT2D eigenvalue weighted by Crippen LogP contribution is -2.40. The fourth-order valence-corrected chi connectivity index (χ4v) is 3.56. The largest absolute Gasteiger partial charge is 0.390 e. The van der Waals surface area contributed by atoms with E-state index in [1.807, 2.05) is 54.6 Å². The van der Waals surface area contributed by atoms with E-state index in [0.717, 1.165) is 29.5 Å². The summed E-state index contributed by atoms with van der Waals surface area (Å²) in [6.45, 7) is 0. The Balaban J connectivity index is 1.58. The second-order valence-electron chi connectivity index (χ2n) is 6.37. The molecule has 0 bridgehead atoms. The Bertz CT molecular complexity index is 706. The van der Waals surface area contributed by atoms with Gasteiger partial charge in [-0.2, -0.15) is 0 Å². The molecule has 0 aliphatic heterocycles. The Kier molecular flexibility index (Phi) is 3.05. The van der Waals surface area contributed by atoms with Crippen LogP contribution >= 0.6 is 0 Å². The minimum atomic E-state index is -0.534. The van der Waals surface area contributed by atoms with Crippen molar-refractivity contribution in [3.63, 3.8) is 0 Å². The van der Waals surface area contributed by atoms with Gasteiger partial charge in [-0.1, -0.05) is 54.6 Å². The minimum Gasteiger partial charge on any atom is -0.390 e. The van der Waals surface area contributed by atoms with Gasteiger partial charge in [-0.3, -0.25) is 4.79 Å². The molecule has 0 unspecified atom stereocenters. The molecule has 2 aliphatic carbocycles. The van der Waals surface area contributed by atoms with Crippen LogP contribution < -0.4 is 5.32 Å². The van der Waals surface area contributed by atoms with E-state index in [2.05, 4.69) is 5.32 Å². The van der Waals surface area contributed by atoms with E-state index in [-0.39, 0.29) is 11.9 Å². The SMILES string of the molecule is O=C(N[C@H]1c2ccccc2C[C@H]1O)C1(c2ccccc2)CC1. The molecule has 1 saturated carbocycles. The van der Waals surface area contributed by atoms with Gasteiger partial charge in [-0.05, 0) is 29.5 Å². The quantitative estimate of drug-likeness (QED) is 0.913. The fourth-order valence-electron chi connectivity index (χ4n) is 3.56. The number of fused-ring (bicyclic) bond motifs is 1. The molecular weight excluding hydrogens is 274 g/mol. The van der Waals surface area contributed by atoms with Gasteiger partial charge in [-0.25, -0.2) is 0 Å². The van der Waals surface area contributed by atoms with Crippen molar-refractivity contribution in [2.24, 2.45) is 0 Å². The van der Waals surface area contributed by atoms with Crippen LogP contribution in [0.5, 0.6) is 0 Å². The van der Waals surface area contributed by atoms with Crippen LogP contribution in [0.15, 0.2) is 54.6 Å². The van der Waals surface area contributed by atoms with E-state index in [1.165, 1.54) is 0 Å². The van der Waals surface area contributed by atoms with E-state index in [1.54, 1.807) is 0 Å². The van der Waals surface area contributed by atoms with Crippen molar-refractivity contribution < 1.29 is 9.90 Å². The van der Waals surface area contributed by atoms with Crippen LogP contribution in [0.1, 0.15) is 35.6 Å². The van der Waals surface area contributed by atoms with Gasteiger partial charge in [0.15, 0.2) is 0 Å². The standard InChI is InChI=1S/C19H19NO2/c21-16-12-13-6-4-5-9-15(13)17(16)20-18(22)19(10-11-19)14-7-2-1-3-8-14/h1-9,16-17,21H,10-12H2,(H,20,22)/t16-,17+/m1/s1. The van der Waals surface area contributed by atoms with Crippen LogP contribution in [0.3, 0.4) is 0 Å². The van der Waals surface area contributed by atoms with Gasteiger partial charge in [0.1, 0.15) is 0 Å². The fraction of sp³-hybridized carbons (Fsp3) is 0.316. The highest BCUT2D eigenvalue weighted by Crippen LogP contribution is 2.49. The molecule has 1 fully saturated rings. The lowest BCUT2D eigenvalue weighted by atomic mass is 9.94. The summed E-state index contributed by atoms with van der Waals surface area (Å²) in [6, 6.07) is 17.6. The smallest absolute Gasteiger partial charge is 0.231 e. The highest BCUT2D eigenvalue weighted by Gasteiger charge is 2.52. The van der Waals surface area contributed by atoms with Crippen LogP contribution in [0.25, 0.3) is 0 Å². The molecule has 1 amide bonds. The monoisotopic (exact) mass is 293 g/mol. The van der Waals surface area contributed by atoms with Crippen molar-refractivity contribution in [3.05, 3.63) is 71.3 Å². The molecule has 4 rings (SSSR count). The molecule has 0 radical (unpaired) electrons. The molecule has 2 aliphatic rings. The van der Waals surface area contributed by atoms with Gasteiger partial charge in [0, 0.05) is 6.42 Å². The maximum absolute atomic E-state index is 12.8. The number of aliphatic hydroxyl groups excluding tert-OH is 1. The third-order valence-electron chi connectivity index (χ3n) is 5.00. The molecule has 0 spiro atoms. The summed E-state index contributed by atoms with van der Waals surface area (Å²) in [5.74, 6) is 0.0412. The lowest BCUT2D eigenvalue weighted by molar-refractivity contribution is -0.125. The third-order valence-corrected chi connectivity index (χ3v) is 5.00. The first-order valence-electron chi connectivity index (χ1n) is 7.83. The van der Waals surface area contributed by atoms with Gasteiger partial charge < -0.3 is 10.4 Å². The van der Waals surface area contributed by atoms with E-state index in [0.29, 0.717) is 6.42 Å². The number of hydrogen-bond acceptors (Lipinski definition) is 2. The molecule has 2 aromatic rings. The second kappa shape index (κ2) is 4.96. The highest BCUT2D eigenvalue weighted by atomic mass is 16.3. The second-order valence-corrected chi connectivity index (χ2v) is 6.37. The number of carbonyl (C=O) groups excluding carboxylic acids is 1. The third kappa shape index (κ3) is 2.04. The van der Waals surface area contributed by atoms with E-state index in [9.17, 15) is 9.90 Å². The lowest BCUT2D eigenvalue weighted by Gasteiger charge is -2.22. The van der Waals surface area contributed by atoms with E-state index < -0.39 is 11.5 Å². The Labute approximate surface area is 130 Å². The molecule has 3 nitrogen and oxygen atoms in total. The van der Waals surface area contributed by atoms with Crippen LogP contribution in [-0.4, -0.2) is 17.1 Å². The normalized spacial score (nSPS) is 24.6. The Morgan fingerprint density at radius 1 is 1.05 bits per heavy atom. The Hall–Kier alpha value is -2.13. The molecule has 22 heavy (non-hydrogen) atoms. The summed E-state index contributed by atoms with van der Waals surface area (Å²) in [5.41, 5.74) is 2.86. The minimum absolute atomic E-state index is 0.0412. The van der Waals surface area contributed by atoms with Crippen LogP contribution in [0.2, 0.25) is 0 Å². The molecule has 2 aromatic carbocycles. The summed E-state index contributed by atoms with van der Waals surface area (Å²) >= 11 is 0. The predicted molar refractivity (Wildman–Crippen MR) is 84.4 cm³/mol. The van der Waals surface area contributed by atoms with Crippen molar-refractivity contribution in [2.75, 3.05) is 0 Å². The predicted octanol–water partition coefficient (Wildman–Crippen LogP) is 2.49. The van der Waals surface area contributed by atoms with Gasteiger partial charge in [0.25, 0.3) is 0 Å². The summed E-state index contributed by atoms with van der Waals surface area (Å²) in [5, 5.41) is 13.4. The summed E-state index contributed by atoms with van der Waals surface area (Å²) in [6.07, 6.45) is 1.84. The van der Waals surface area contributed by atoms with Crippen molar-refractivity contribution in [2.45, 2.75) is 36.8 Å². The number of aliphatic hydroxyl groups is 1. The molecule has 112 valence electrons. The van der Waals surface area contributed by atoms with Crippen molar-refractivity contribution in [1.29, 1.82) is 0 Å². The van der Waals surface area contributed by atoms with E-state index in [4.69, 9.17) is 0 Å². The van der Waals surface area contributed by atoms with Gasteiger partial charge in [0.05, 0.1) is 17.6 Å². The molecule has 0 saturated heterocycles. The van der Waals surface area contributed by atoms with Crippen molar-refractivity contribution >= 4 is 5.91 Å².